The second-order valence-electron chi connectivity index (χ2n) is 10.9. The highest BCUT2D eigenvalue weighted by Gasteiger charge is 2.23. The SMILES string of the molecule is C=CC(=O)OCCN(C)C=CC=C(C#N)C(=O)OCC(COC(=O)C(C#N)=CC=CN(C)CCOC(=O)C=C)OC(=O)C(C#N)=CC=CN(C)CCOC(=O)C=C. The lowest BCUT2D eigenvalue weighted by Gasteiger charge is -2.18. The van der Waals surface area contributed by atoms with Gasteiger partial charge in [0.25, 0.3) is 0 Å². The number of carbonyl (C=O) groups is 6. The van der Waals surface area contributed by atoms with Crippen molar-refractivity contribution < 1.29 is 57.2 Å². The molecule has 0 amide bonds. The summed E-state index contributed by atoms with van der Waals surface area (Å²) in [6, 6.07) is 5.03. The van der Waals surface area contributed by atoms with Crippen LogP contribution in [0.25, 0.3) is 0 Å². The highest BCUT2D eigenvalue weighted by molar-refractivity contribution is 5.94. The lowest BCUT2D eigenvalue weighted by atomic mass is 10.2. The summed E-state index contributed by atoms with van der Waals surface area (Å²) in [7, 11) is 4.93. The molecule has 57 heavy (non-hydrogen) atoms. The molecule has 0 aliphatic heterocycles. The summed E-state index contributed by atoms with van der Waals surface area (Å²) in [4.78, 5) is 76.8. The molecule has 0 aromatic rings. The number of hydrogen-bond acceptors (Lipinski definition) is 18. The van der Waals surface area contributed by atoms with E-state index in [0.717, 1.165) is 36.5 Å². The van der Waals surface area contributed by atoms with Crippen molar-refractivity contribution >= 4 is 35.8 Å². The quantitative estimate of drug-likeness (QED) is 0.0399. The van der Waals surface area contributed by atoms with Crippen LogP contribution in [0.15, 0.2) is 110 Å². The van der Waals surface area contributed by atoms with Crippen molar-refractivity contribution in [3.63, 3.8) is 0 Å². The molecule has 0 bridgehead atoms. The maximum absolute atomic E-state index is 13.0. The standard InChI is InChI=1S/C39H44N6O12/c1-7-34(46)52-22-19-43(4)16-10-13-30(25-40)37(49)55-28-33(57-39(51)32(27-42)15-12-18-45(6)21-24-54-36(48)9-3)29-56-38(50)31(26-41)14-11-17-44(5)20-23-53-35(47)8-2/h7-18,33H,1-3,19-24,28-29H2,4-6H3. The summed E-state index contributed by atoms with van der Waals surface area (Å²) in [6.07, 6.45) is 13.5. The first-order chi connectivity index (χ1) is 27.2. The molecular weight excluding hydrogens is 744 g/mol. The van der Waals surface area contributed by atoms with Crippen LogP contribution in [-0.4, -0.2) is 130 Å². The average molecular weight is 789 g/mol. The van der Waals surface area contributed by atoms with Crippen molar-refractivity contribution in [1.82, 2.24) is 14.7 Å². The number of ether oxygens (including phenoxy) is 6. The summed E-state index contributed by atoms with van der Waals surface area (Å²) in [5, 5.41) is 28.6. The normalized spacial score (nSPS) is 11.9. The van der Waals surface area contributed by atoms with Crippen molar-refractivity contribution in [2.45, 2.75) is 6.10 Å². The van der Waals surface area contributed by atoms with Gasteiger partial charge in [-0.05, 0) is 55.1 Å². The number of nitrogens with zero attached hydrogens (tertiary/aromatic N) is 6. The van der Waals surface area contributed by atoms with E-state index in [2.05, 4.69) is 19.7 Å². The fraction of sp³-hybridized carbons (Fsp3) is 0.308. The minimum Gasteiger partial charge on any atom is -0.461 e. The Morgan fingerprint density at radius 1 is 0.526 bits per heavy atom. The van der Waals surface area contributed by atoms with Crippen molar-refractivity contribution in [1.29, 1.82) is 15.8 Å². The Bertz CT molecular complexity index is 1690. The minimum absolute atomic E-state index is 0.0395. The molecule has 0 fully saturated rings. The Kier molecular flexibility index (Phi) is 25.8. The summed E-state index contributed by atoms with van der Waals surface area (Å²) in [6.45, 7) is 9.38. The number of allylic oxidation sites excluding steroid dienone is 6. The van der Waals surface area contributed by atoms with Crippen LogP contribution in [0.1, 0.15) is 0 Å². The molecule has 0 aliphatic rings. The largest absolute Gasteiger partial charge is 0.461 e. The van der Waals surface area contributed by atoms with E-state index in [1.165, 1.54) is 36.8 Å². The summed E-state index contributed by atoms with van der Waals surface area (Å²) >= 11 is 0. The van der Waals surface area contributed by atoms with E-state index in [4.69, 9.17) is 28.4 Å². The molecule has 0 spiro atoms. The molecule has 0 rings (SSSR count). The first-order valence-corrected chi connectivity index (χ1v) is 16.6. The maximum Gasteiger partial charge on any atom is 0.349 e. The van der Waals surface area contributed by atoms with Crippen molar-refractivity contribution in [2.24, 2.45) is 0 Å². The van der Waals surface area contributed by atoms with Gasteiger partial charge in [-0.2, -0.15) is 15.8 Å². The van der Waals surface area contributed by atoms with E-state index >= 15 is 0 Å². The molecule has 0 saturated carbocycles. The monoisotopic (exact) mass is 788 g/mol. The summed E-state index contributed by atoms with van der Waals surface area (Å²) in [5.74, 6) is -5.25. The van der Waals surface area contributed by atoms with Gasteiger partial charge in [-0.3, -0.25) is 0 Å². The molecule has 0 N–H and O–H groups in total. The molecule has 0 aromatic carbocycles. The highest BCUT2D eigenvalue weighted by atomic mass is 16.6. The van der Waals surface area contributed by atoms with Crippen molar-refractivity contribution in [3.05, 3.63) is 110 Å². The van der Waals surface area contributed by atoms with Crippen LogP contribution in [0.2, 0.25) is 0 Å². The van der Waals surface area contributed by atoms with Gasteiger partial charge in [-0.1, -0.05) is 19.7 Å². The molecule has 0 heterocycles. The molecule has 0 aromatic heterocycles. The zero-order valence-corrected chi connectivity index (χ0v) is 31.9. The summed E-state index contributed by atoms with van der Waals surface area (Å²) < 4.78 is 30.3. The van der Waals surface area contributed by atoms with Gasteiger partial charge in [-0.25, -0.2) is 28.8 Å². The fourth-order valence-corrected chi connectivity index (χ4v) is 3.41. The predicted octanol–water partition coefficient (Wildman–Crippen LogP) is 1.86. The smallest absolute Gasteiger partial charge is 0.349 e. The molecule has 18 heteroatoms. The number of nitriles is 3. The lowest BCUT2D eigenvalue weighted by Crippen LogP contribution is -2.31. The first-order valence-electron chi connectivity index (χ1n) is 16.6. The van der Waals surface area contributed by atoms with E-state index in [9.17, 15) is 44.6 Å². The van der Waals surface area contributed by atoms with Gasteiger partial charge >= 0.3 is 35.8 Å². The Labute approximate surface area is 331 Å². The molecule has 0 atom stereocenters. The van der Waals surface area contributed by atoms with Crippen LogP contribution in [0.3, 0.4) is 0 Å². The van der Waals surface area contributed by atoms with Crippen LogP contribution in [0.5, 0.6) is 0 Å². The Hall–Kier alpha value is -7.65. The molecular formula is C39H44N6O12. The molecule has 18 nitrogen and oxygen atoms in total. The lowest BCUT2D eigenvalue weighted by molar-refractivity contribution is -0.161. The van der Waals surface area contributed by atoms with E-state index in [1.54, 1.807) is 54.1 Å². The zero-order valence-electron chi connectivity index (χ0n) is 31.9. The number of likely N-dealkylation sites (N-methyl/N-ethyl adjacent to an activating group) is 3. The summed E-state index contributed by atoms with van der Waals surface area (Å²) in [5.41, 5.74) is -1.43. The zero-order chi connectivity index (χ0) is 43.0. The first kappa shape index (κ1) is 49.4. The van der Waals surface area contributed by atoms with E-state index < -0.39 is 71.9 Å². The fourth-order valence-electron chi connectivity index (χ4n) is 3.41. The van der Waals surface area contributed by atoms with E-state index in [0.29, 0.717) is 0 Å². The molecule has 0 saturated heterocycles. The van der Waals surface area contributed by atoms with Gasteiger partial charge in [0.05, 0.1) is 19.6 Å². The second kappa shape index (κ2) is 29.8. The van der Waals surface area contributed by atoms with E-state index in [1.807, 2.05) is 0 Å². The third-order valence-corrected chi connectivity index (χ3v) is 6.47. The number of rotatable bonds is 26. The van der Waals surface area contributed by atoms with Crippen LogP contribution in [0, 0.1) is 34.0 Å². The van der Waals surface area contributed by atoms with Gasteiger partial charge in [0.1, 0.15) is 68.0 Å². The van der Waals surface area contributed by atoms with Gasteiger partial charge < -0.3 is 43.1 Å². The average Bonchev–Trinajstić information content (AvgIpc) is 3.19. The Morgan fingerprint density at radius 3 is 1.11 bits per heavy atom. The van der Waals surface area contributed by atoms with Crippen LogP contribution in [-0.2, 0) is 57.2 Å². The maximum atomic E-state index is 13.0. The van der Waals surface area contributed by atoms with Gasteiger partial charge in [0.15, 0.2) is 6.10 Å². The Morgan fingerprint density at radius 2 is 0.825 bits per heavy atom. The third-order valence-electron chi connectivity index (χ3n) is 6.47. The minimum atomic E-state index is -1.52. The van der Waals surface area contributed by atoms with E-state index in [-0.39, 0.29) is 39.5 Å². The number of hydrogen-bond donors (Lipinski definition) is 0. The molecule has 0 unspecified atom stereocenters. The third kappa shape index (κ3) is 23.6. The number of carbonyl (C=O) groups excluding carboxylic acids is 6. The predicted molar refractivity (Wildman–Crippen MR) is 202 cm³/mol. The van der Waals surface area contributed by atoms with Gasteiger partial charge in [0.2, 0.25) is 0 Å². The topological polar surface area (TPSA) is 239 Å². The van der Waals surface area contributed by atoms with Gasteiger partial charge in [0, 0.05) is 39.4 Å². The van der Waals surface area contributed by atoms with Crippen LogP contribution in [0.4, 0.5) is 0 Å². The van der Waals surface area contributed by atoms with Crippen LogP contribution >= 0.6 is 0 Å². The van der Waals surface area contributed by atoms with Crippen molar-refractivity contribution in [2.75, 3.05) is 73.8 Å². The molecule has 302 valence electrons. The second-order valence-corrected chi connectivity index (χ2v) is 10.9. The Balaban J connectivity index is 5.91. The molecule has 0 aliphatic carbocycles. The highest BCUT2D eigenvalue weighted by Crippen LogP contribution is 2.08. The van der Waals surface area contributed by atoms with Crippen LogP contribution < -0.4 is 0 Å². The number of esters is 6. The molecule has 0 radical (unpaired) electrons. The van der Waals surface area contributed by atoms with Gasteiger partial charge in [-0.15, -0.1) is 0 Å². The van der Waals surface area contributed by atoms with Crippen molar-refractivity contribution in [3.8, 4) is 18.2 Å².